The molecule has 0 unspecified atom stereocenters. The van der Waals surface area contributed by atoms with Gasteiger partial charge in [-0.3, -0.25) is 14.3 Å². The summed E-state index contributed by atoms with van der Waals surface area (Å²) in [6, 6.07) is 9.52. The third-order valence-electron chi connectivity index (χ3n) is 2.81. The molecule has 0 spiro atoms. The Morgan fingerprint density at radius 1 is 1.24 bits per heavy atom. The third-order valence-corrected chi connectivity index (χ3v) is 2.81. The Balaban J connectivity index is 1.79. The number of carbonyl (C=O) groups excluding carboxylic acids is 2. The molecule has 110 valence electrons. The van der Waals surface area contributed by atoms with E-state index in [1.54, 1.807) is 7.05 Å². The average molecular weight is 287 g/mol. The van der Waals surface area contributed by atoms with Gasteiger partial charge in [-0.1, -0.05) is 30.3 Å². The number of carbonyl (C=O) groups is 2. The van der Waals surface area contributed by atoms with E-state index < -0.39 is 5.91 Å². The number of anilines is 1. The van der Waals surface area contributed by atoms with Gasteiger partial charge in [0.25, 0.3) is 5.91 Å². The lowest BCUT2D eigenvalue weighted by Gasteiger charge is -2.06. The summed E-state index contributed by atoms with van der Waals surface area (Å²) in [6.07, 6.45) is 1.53. The van der Waals surface area contributed by atoms with Gasteiger partial charge in [0.1, 0.15) is 0 Å². The fraction of sp³-hybridized carbons (Fsp3) is 0.214. The minimum absolute atomic E-state index is 0.119. The van der Waals surface area contributed by atoms with Gasteiger partial charge in [0.2, 0.25) is 5.91 Å². The average Bonchev–Trinajstić information content (AvgIpc) is 2.82. The fourth-order valence-corrected chi connectivity index (χ4v) is 1.79. The van der Waals surface area contributed by atoms with Crippen LogP contribution in [-0.2, 0) is 18.4 Å². The highest BCUT2D eigenvalue weighted by Gasteiger charge is 2.14. The van der Waals surface area contributed by atoms with Crippen LogP contribution in [0.3, 0.4) is 0 Å². The minimum Gasteiger partial charge on any atom is -0.396 e. The number of benzene rings is 1. The number of aromatic nitrogens is 2. The second-order valence-corrected chi connectivity index (χ2v) is 4.55. The van der Waals surface area contributed by atoms with Gasteiger partial charge in [-0.15, -0.1) is 0 Å². The molecule has 0 fully saturated rings. The number of amides is 2. The first-order valence-corrected chi connectivity index (χ1v) is 6.44. The molecule has 0 radical (unpaired) electrons. The van der Waals surface area contributed by atoms with E-state index in [-0.39, 0.29) is 23.8 Å². The van der Waals surface area contributed by atoms with Gasteiger partial charge >= 0.3 is 0 Å². The van der Waals surface area contributed by atoms with Crippen molar-refractivity contribution < 1.29 is 9.59 Å². The van der Waals surface area contributed by atoms with Crippen molar-refractivity contribution >= 4 is 17.5 Å². The van der Waals surface area contributed by atoms with Gasteiger partial charge in [0.15, 0.2) is 5.69 Å². The van der Waals surface area contributed by atoms with Crippen LogP contribution in [0.1, 0.15) is 16.1 Å². The quantitative estimate of drug-likeness (QED) is 0.723. The van der Waals surface area contributed by atoms with Crippen molar-refractivity contribution in [3.63, 3.8) is 0 Å². The van der Waals surface area contributed by atoms with Gasteiger partial charge in [0, 0.05) is 19.8 Å². The fourth-order valence-electron chi connectivity index (χ4n) is 1.79. The lowest BCUT2D eigenvalue weighted by molar-refractivity contribution is -0.120. The second kappa shape index (κ2) is 6.56. The molecule has 1 heterocycles. The predicted octanol–water partition coefficient (Wildman–Crippen LogP) is 0.0485. The number of nitrogens with zero attached hydrogens (tertiary/aromatic N) is 2. The van der Waals surface area contributed by atoms with Gasteiger partial charge in [-0.2, -0.15) is 5.10 Å². The highest BCUT2D eigenvalue weighted by molar-refractivity contribution is 5.98. The number of nitrogens with one attached hydrogen (secondary N) is 2. The molecule has 0 saturated carbocycles. The number of nitrogen functional groups attached to an aromatic ring is 1. The minimum atomic E-state index is -0.469. The largest absolute Gasteiger partial charge is 0.396 e. The molecule has 1 aromatic carbocycles. The molecule has 21 heavy (non-hydrogen) atoms. The Morgan fingerprint density at radius 2 is 1.95 bits per heavy atom. The van der Waals surface area contributed by atoms with Crippen molar-refractivity contribution in [3.8, 4) is 0 Å². The molecule has 0 atom stereocenters. The first kappa shape index (κ1) is 14.6. The SMILES string of the molecule is Cn1cc(N)c(C(=O)NCC(=O)NCc2ccccc2)n1. The summed E-state index contributed by atoms with van der Waals surface area (Å²) in [6.45, 7) is 0.295. The maximum absolute atomic E-state index is 11.8. The van der Waals surface area contributed by atoms with Crippen LogP contribution >= 0.6 is 0 Å². The monoisotopic (exact) mass is 287 g/mol. The number of hydrogen-bond acceptors (Lipinski definition) is 4. The molecular formula is C14H17N5O2. The molecule has 0 bridgehead atoms. The second-order valence-electron chi connectivity index (χ2n) is 4.55. The van der Waals surface area contributed by atoms with E-state index in [1.807, 2.05) is 30.3 Å². The Morgan fingerprint density at radius 3 is 2.57 bits per heavy atom. The first-order valence-electron chi connectivity index (χ1n) is 6.44. The van der Waals surface area contributed by atoms with Crippen LogP contribution in [0.2, 0.25) is 0 Å². The lowest BCUT2D eigenvalue weighted by atomic mass is 10.2. The molecule has 7 nitrogen and oxygen atoms in total. The molecule has 4 N–H and O–H groups in total. The molecule has 1 aromatic heterocycles. The van der Waals surface area contributed by atoms with E-state index in [0.717, 1.165) is 5.56 Å². The standard InChI is InChI=1S/C14H17N5O2/c1-19-9-11(15)13(18-19)14(21)17-8-12(20)16-7-10-5-3-2-4-6-10/h2-6,9H,7-8,15H2,1H3,(H,16,20)(H,17,21). The maximum Gasteiger partial charge on any atom is 0.274 e. The number of hydrogen-bond donors (Lipinski definition) is 3. The van der Waals surface area contributed by atoms with E-state index in [4.69, 9.17) is 5.73 Å². The molecule has 2 rings (SSSR count). The summed E-state index contributed by atoms with van der Waals surface area (Å²) < 4.78 is 1.44. The normalized spacial score (nSPS) is 10.1. The van der Waals surface area contributed by atoms with Gasteiger partial charge < -0.3 is 16.4 Å². The number of nitrogens with two attached hydrogens (primary N) is 1. The van der Waals surface area contributed by atoms with E-state index >= 15 is 0 Å². The van der Waals surface area contributed by atoms with Crippen LogP contribution in [0, 0.1) is 0 Å². The molecule has 0 aliphatic heterocycles. The van der Waals surface area contributed by atoms with E-state index in [2.05, 4.69) is 15.7 Å². The van der Waals surface area contributed by atoms with Crippen LogP contribution in [0.15, 0.2) is 36.5 Å². The van der Waals surface area contributed by atoms with Crippen molar-refractivity contribution in [2.45, 2.75) is 6.54 Å². The topological polar surface area (TPSA) is 102 Å². The molecule has 0 aliphatic carbocycles. The molecule has 0 saturated heterocycles. The zero-order valence-electron chi connectivity index (χ0n) is 11.7. The summed E-state index contributed by atoms with van der Waals surface area (Å²) in [4.78, 5) is 23.5. The zero-order valence-corrected chi connectivity index (χ0v) is 11.7. The van der Waals surface area contributed by atoms with Crippen LogP contribution in [0.4, 0.5) is 5.69 Å². The highest BCUT2D eigenvalue weighted by atomic mass is 16.2. The Labute approximate surface area is 122 Å². The number of rotatable bonds is 5. The molecule has 2 aromatic rings. The zero-order chi connectivity index (χ0) is 15.2. The van der Waals surface area contributed by atoms with Crippen molar-refractivity contribution in [2.75, 3.05) is 12.3 Å². The molecule has 2 amide bonds. The third kappa shape index (κ3) is 4.07. The summed E-state index contributed by atoms with van der Waals surface area (Å²) >= 11 is 0. The Hall–Kier alpha value is -2.83. The van der Waals surface area contributed by atoms with Crippen molar-refractivity contribution in [1.29, 1.82) is 0 Å². The van der Waals surface area contributed by atoms with Gasteiger partial charge in [0.05, 0.1) is 12.2 Å². The molecular weight excluding hydrogens is 270 g/mol. The van der Waals surface area contributed by atoms with Crippen molar-refractivity contribution in [1.82, 2.24) is 20.4 Å². The van der Waals surface area contributed by atoms with Crippen LogP contribution < -0.4 is 16.4 Å². The van der Waals surface area contributed by atoms with Gasteiger partial charge in [-0.25, -0.2) is 0 Å². The summed E-state index contributed by atoms with van der Waals surface area (Å²) in [5.41, 5.74) is 7.03. The molecule has 0 aliphatic rings. The highest BCUT2D eigenvalue weighted by Crippen LogP contribution is 2.07. The number of aryl methyl sites for hydroxylation is 1. The van der Waals surface area contributed by atoms with Crippen LogP contribution in [0.5, 0.6) is 0 Å². The summed E-state index contributed by atoms with van der Waals surface area (Å²) in [5, 5.41) is 9.13. The summed E-state index contributed by atoms with van der Waals surface area (Å²) in [7, 11) is 1.67. The van der Waals surface area contributed by atoms with E-state index in [0.29, 0.717) is 6.54 Å². The van der Waals surface area contributed by atoms with Crippen molar-refractivity contribution in [2.24, 2.45) is 7.05 Å². The maximum atomic E-state index is 11.8. The van der Waals surface area contributed by atoms with Crippen LogP contribution in [-0.4, -0.2) is 28.1 Å². The van der Waals surface area contributed by atoms with E-state index in [1.165, 1.54) is 10.9 Å². The van der Waals surface area contributed by atoms with Crippen LogP contribution in [0.25, 0.3) is 0 Å². The Bertz CT molecular complexity index is 636. The van der Waals surface area contributed by atoms with Gasteiger partial charge in [-0.05, 0) is 5.56 Å². The molecule has 7 heteroatoms. The first-order chi connectivity index (χ1) is 10.1. The smallest absolute Gasteiger partial charge is 0.274 e. The lowest BCUT2D eigenvalue weighted by Crippen LogP contribution is -2.37. The summed E-state index contributed by atoms with van der Waals surface area (Å²) in [5.74, 6) is -0.746. The van der Waals surface area contributed by atoms with Crippen molar-refractivity contribution in [3.05, 3.63) is 47.8 Å². The van der Waals surface area contributed by atoms with E-state index in [9.17, 15) is 9.59 Å². The predicted molar refractivity (Wildman–Crippen MR) is 78.2 cm³/mol. The Kier molecular flexibility index (Phi) is 4.55.